The first-order chi connectivity index (χ1) is 11.1. The lowest BCUT2D eigenvalue weighted by Crippen LogP contribution is -2.31. The van der Waals surface area contributed by atoms with Crippen LogP contribution in [0.4, 0.5) is 0 Å². The molecule has 0 atom stereocenters. The first-order valence-electron chi connectivity index (χ1n) is 8.33. The summed E-state index contributed by atoms with van der Waals surface area (Å²) in [5, 5.41) is 11.3. The molecule has 0 bridgehead atoms. The van der Waals surface area contributed by atoms with Gasteiger partial charge >= 0.3 is 5.97 Å². The average molecular weight is 320 g/mol. The molecule has 0 fully saturated rings. The van der Waals surface area contributed by atoms with E-state index in [9.17, 15) is 14.4 Å². The Bertz CT molecular complexity index is 622. The van der Waals surface area contributed by atoms with E-state index in [1.165, 1.54) is 0 Å². The number of aromatic amines is 1. The Hall–Kier alpha value is -2.11. The molecule has 0 aromatic carbocycles. The molecule has 2 rings (SSSR count). The van der Waals surface area contributed by atoms with Crippen molar-refractivity contribution in [2.24, 2.45) is 0 Å². The van der Waals surface area contributed by atoms with Gasteiger partial charge in [0.15, 0.2) is 0 Å². The summed E-state index contributed by atoms with van der Waals surface area (Å²) >= 11 is 0. The van der Waals surface area contributed by atoms with E-state index in [1.807, 2.05) is 0 Å². The molecule has 0 radical (unpaired) electrons. The fourth-order valence-electron chi connectivity index (χ4n) is 2.90. The third-order valence-electron chi connectivity index (χ3n) is 4.19. The van der Waals surface area contributed by atoms with Crippen LogP contribution in [-0.2, 0) is 17.6 Å². The topological polar surface area (TPSA) is 99.3 Å². The predicted molar refractivity (Wildman–Crippen MR) is 86.8 cm³/mol. The number of amides is 1. The zero-order chi connectivity index (χ0) is 16.7. The number of rotatable bonds is 7. The number of fused-ring (bicyclic) bond motifs is 1. The molecule has 0 aliphatic heterocycles. The Morgan fingerprint density at radius 3 is 2.70 bits per heavy atom. The molecule has 1 aromatic heterocycles. The van der Waals surface area contributed by atoms with Crippen LogP contribution in [0.2, 0.25) is 0 Å². The Labute approximate surface area is 135 Å². The van der Waals surface area contributed by atoms with E-state index < -0.39 is 5.97 Å². The average Bonchev–Trinajstić information content (AvgIpc) is 2.74. The number of H-pyrrole nitrogens is 1. The molecule has 1 aromatic rings. The number of aryl methyl sites for hydroxylation is 2. The van der Waals surface area contributed by atoms with Gasteiger partial charge in [-0.05, 0) is 50.2 Å². The fourth-order valence-corrected chi connectivity index (χ4v) is 2.90. The fraction of sp³-hybridized carbons (Fsp3) is 0.588. The Morgan fingerprint density at radius 2 is 1.91 bits per heavy atom. The van der Waals surface area contributed by atoms with E-state index in [2.05, 4.69) is 10.3 Å². The van der Waals surface area contributed by atoms with Crippen LogP contribution in [0.25, 0.3) is 0 Å². The number of carbonyl (C=O) groups excluding carboxylic acids is 1. The maximum atomic E-state index is 12.2. The van der Waals surface area contributed by atoms with Gasteiger partial charge in [0.1, 0.15) is 5.56 Å². The number of carbonyl (C=O) groups is 2. The predicted octanol–water partition coefficient (Wildman–Crippen LogP) is 2.02. The lowest BCUT2D eigenvalue weighted by molar-refractivity contribution is -0.137. The molecule has 0 saturated heterocycles. The van der Waals surface area contributed by atoms with Crippen LogP contribution in [0.15, 0.2) is 10.9 Å². The van der Waals surface area contributed by atoms with Gasteiger partial charge in [0, 0.05) is 18.7 Å². The lowest BCUT2D eigenvalue weighted by atomic mass is 10.1. The molecule has 0 unspecified atom stereocenters. The lowest BCUT2D eigenvalue weighted by Gasteiger charge is -2.09. The second-order valence-corrected chi connectivity index (χ2v) is 6.04. The van der Waals surface area contributed by atoms with Gasteiger partial charge in [-0.1, -0.05) is 12.8 Å². The molecule has 3 N–H and O–H groups in total. The van der Waals surface area contributed by atoms with Crippen molar-refractivity contribution in [2.45, 2.75) is 57.8 Å². The van der Waals surface area contributed by atoms with Gasteiger partial charge in [0.05, 0.1) is 0 Å². The standard InChI is InChI=1S/C17H24N2O4/c20-15(21)9-5-2-6-10-18-16(22)13-11-12-7-3-1-4-8-14(12)19-17(13)23/h11H,1-10H2,(H,18,22)(H,19,23)(H,20,21). The molecule has 1 amide bonds. The summed E-state index contributed by atoms with van der Waals surface area (Å²) in [6, 6.07) is 1.74. The van der Waals surface area contributed by atoms with Crippen molar-refractivity contribution in [3.05, 3.63) is 33.2 Å². The quantitative estimate of drug-likeness (QED) is 0.528. The number of aromatic nitrogens is 1. The highest BCUT2D eigenvalue weighted by atomic mass is 16.4. The van der Waals surface area contributed by atoms with Crippen molar-refractivity contribution in [1.82, 2.24) is 10.3 Å². The third-order valence-corrected chi connectivity index (χ3v) is 4.19. The molecule has 6 nitrogen and oxygen atoms in total. The van der Waals surface area contributed by atoms with Crippen molar-refractivity contribution in [1.29, 1.82) is 0 Å². The highest BCUT2D eigenvalue weighted by Crippen LogP contribution is 2.18. The number of hydrogen-bond acceptors (Lipinski definition) is 3. The molecule has 126 valence electrons. The first-order valence-corrected chi connectivity index (χ1v) is 8.33. The molecule has 0 saturated carbocycles. The van der Waals surface area contributed by atoms with Crippen molar-refractivity contribution in [3.63, 3.8) is 0 Å². The van der Waals surface area contributed by atoms with E-state index in [-0.39, 0.29) is 23.5 Å². The molecule has 1 aliphatic carbocycles. The summed E-state index contributed by atoms with van der Waals surface area (Å²) in [6.07, 6.45) is 7.29. The Balaban J connectivity index is 1.88. The highest BCUT2D eigenvalue weighted by Gasteiger charge is 2.16. The minimum atomic E-state index is -0.800. The monoisotopic (exact) mass is 320 g/mol. The van der Waals surface area contributed by atoms with Crippen molar-refractivity contribution >= 4 is 11.9 Å². The maximum Gasteiger partial charge on any atom is 0.303 e. The summed E-state index contributed by atoms with van der Waals surface area (Å²) in [6.45, 7) is 0.453. The normalized spacial score (nSPS) is 13.9. The van der Waals surface area contributed by atoms with Crippen LogP contribution in [0.5, 0.6) is 0 Å². The van der Waals surface area contributed by atoms with Crippen LogP contribution in [0.3, 0.4) is 0 Å². The molecule has 1 heterocycles. The van der Waals surface area contributed by atoms with Gasteiger partial charge in [-0.3, -0.25) is 14.4 Å². The third kappa shape index (κ3) is 5.23. The largest absolute Gasteiger partial charge is 0.481 e. The number of carboxylic acids is 1. The number of hydrogen-bond donors (Lipinski definition) is 3. The van der Waals surface area contributed by atoms with Gasteiger partial charge in [-0.25, -0.2) is 0 Å². The molecule has 6 heteroatoms. The molecule has 0 spiro atoms. The Kier molecular flexibility index (Phi) is 6.38. The van der Waals surface area contributed by atoms with Gasteiger partial charge in [0.2, 0.25) is 0 Å². The number of unbranched alkanes of at least 4 members (excludes halogenated alkanes) is 2. The SMILES string of the molecule is O=C(O)CCCCCNC(=O)c1cc2c([nH]c1=O)CCCCC2. The molecule has 1 aliphatic rings. The van der Waals surface area contributed by atoms with E-state index in [0.29, 0.717) is 19.4 Å². The smallest absolute Gasteiger partial charge is 0.303 e. The summed E-state index contributed by atoms with van der Waals surface area (Å²) in [5.41, 5.74) is 1.90. The van der Waals surface area contributed by atoms with Crippen LogP contribution in [0, 0.1) is 0 Å². The molecular weight excluding hydrogens is 296 g/mol. The minimum Gasteiger partial charge on any atom is -0.481 e. The number of nitrogens with one attached hydrogen (secondary N) is 2. The van der Waals surface area contributed by atoms with Crippen molar-refractivity contribution in [3.8, 4) is 0 Å². The van der Waals surface area contributed by atoms with E-state index >= 15 is 0 Å². The second kappa shape index (κ2) is 8.50. The first kappa shape index (κ1) is 17.2. The van der Waals surface area contributed by atoms with Crippen molar-refractivity contribution < 1.29 is 14.7 Å². The Morgan fingerprint density at radius 1 is 1.13 bits per heavy atom. The molecular formula is C17H24N2O4. The van der Waals surface area contributed by atoms with Gasteiger partial charge < -0.3 is 15.4 Å². The summed E-state index contributed by atoms with van der Waals surface area (Å²) in [7, 11) is 0. The van der Waals surface area contributed by atoms with Crippen LogP contribution >= 0.6 is 0 Å². The molecule has 23 heavy (non-hydrogen) atoms. The number of aliphatic carboxylic acids is 1. The van der Waals surface area contributed by atoms with E-state index in [1.54, 1.807) is 6.07 Å². The van der Waals surface area contributed by atoms with Crippen molar-refractivity contribution in [2.75, 3.05) is 6.54 Å². The second-order valence-electron chi connectivity index (χ2n) is 6.04. The number of pyridine rings is 1. The highest BCUT2D eigenvalue weighted by molar-refractivity contribution is 5.94. The van der Waals surface area contributed by atoms with Gasteiger partial charge in [-0.2, -0.15) is 0 Å². The van der Waals surface area contributed by atoms with Crippen LogP contribution in [0.1, 0.15) is 66.6 Å². The summed E-state index contributed by atoms with van der Waals surface area (Å²) in [4.78, 5) is 37.5. The van der Waals surface area contributed by atoms with Crippen LogP contribution in [-0.4, -0.2) is 28.5 Å². The summed E-state index contributed by atoms with van der Waals surface area (Å²) < 4.78 is 0. The number of carboxylic acid groups (broad SMARTS) is 1. The summed E-state index contributed by atoms with van der Waals surface area (Å²) in [5.74, 6) is -1.15. The van der Waals surface area contributed by atoms with Gasteiger partial charge in [0.25, 0.3) is 11.5 Å². The van der Waals surface area contributed by atoms with E-state index in [0.717, 1.165) is 49.8 Å². The van der Waals surface area contributed by atoms with E-state index in [4.69, 9.17) is 5.11 Å². The zero-order valence-corrected chi connectivity index (χ0v) is 13.3. The minimum absolute atomic E-state index is 0.151. The maximum absolute atomic E-state index is 12.2. The van der Waals surface area contributed by atoms with Gasteiger partial charge in [-0.15, -0.1) is 0 Å². The van der Waals surface area contributed by atoms with Crippen LogP contribution < -0.4 is 10.9 Å². The zero-order valence-electron chi connectivity index (χ0n) is 13.3.